The number of benzene rings is 2. The Bertz CT molecular complexity index is 1260. The summed E-state index contributed by atoms with van der Waals surface area (Å²) in [7, 11) is -3.53. The Hall–Kier alpha value is -3.91. The van der Waals surface area contributed by atoms with Crippen LogP contribution in [0.1, 0.15) is 26.5 Å². The molecule has 11 heteroatoms. The van der Waals surface area contributed by atoms with Crippen molar-refractivity contribution in [2.45, 2.75) is 0 Å². The molecule has 0 saturated carbocycles. The number of aromatic nitrogens is 1. The first-order valence-corrected chi connectivity index (χ1v) is 9.53. The lowest BCUT2D eigenvalue weighted by Gasteiger charge is -2.07. The molecule has 1 heterocycles. The van der Waals surface area contributed by atoms with Crippen LogP contribution in [0.25, 0.3) is 10.9 Å². The summed E-state index contributed by atoms with van der Waals surface area (Å²) in [6.45, 7) is 0. The summed E-state index contributed by atoms with van der Waals surface area (Å²) in [6, 6.07) is 9.89. The average molecular weight is 400 g/mol. The minimum absolute atomic E-state index is 0.0357. The van der Waals surface area contributed by atoms with Gasteiger partial charge >= 0.3 is 5.97 Å². The van der Waals surface area contributed by atoms with E-state index in [1.54, 1.807) is 0 Å². The topological polar surface area (TPSA) is 162 Å². The molecular formula is C17H12N4O6S. The Morgan fingerprint density at radius 1 is 1.21 bits per heavy atom. The van der Waals surface area contributed by atoms with Crippen molar-refractivity contribution in [1.29, 1.82) is 5.26 Å². The fraction of sp³-hybridized carbons (Fsp3) is 0.0588. The fourth-order valence-corrected chi connectivity index (χ4v) is 3.02. The van der Waals surface area contributed by atoms with E-state index in [0.717, 1.165) is 12.3 Å². The number of nitrogens with one attached hydrogen (secondary N) is 2. The third kappa shape index (κ3) is 3.92. The molecule has 1 amide bonds. The smallest absolute Gasteiger partial charge is 0.337 e. The zero-order chi connectivity index (χ0) is 20.5. The second kappa shape index (κ2) is 7.01. The molecule has 3 aromatic rings. The Morgan fingerprint density at radius 2 is 1.96 bits per heavy atom. The number of hydrogen-bond donors (Lipinski definition) is 3. The summed E-state index contributed by atoms with van der Waals surface area (Å²) >= 11 is 0. The molecule has 0 unspecified atom stereocenters. The lowest BCUT2D eigenvalue weighted by atomic mass is 10.1. The molecule has 0 bridgehead atoms. The van der Waals surface area contributed by atoms with Gasteiger partial charge in [-0.25, -0.2) is 13.2 Å². The van der Waals surface area contributed by atoms with E-state index in [1.807, 2.05) is 6.07 Å². The van der Waals surface area contributed by atoms with Crippen LogP contribution in [-0.4, -0.2) is 36.8 Å². The van der Waals surface area contributed by atoms with E-state index in [0.29, 0.717) is 5.52 Å². The fourth-order valence-electron chi connectivity index (χ4n) is 2.46. The number of hydrogen-bond acceptors (Lipinski definition) is 7. The summed E-state index contributed by atoms with van der Waals surface area (Å²) < 4.78 is 30.1. The SMILES string of the molecule is CS(=O)(=O)Nc1ccc2noc(C(=O)Nc3ccc(C#N)cc3C(=O)O)c2c1. The van der Waals surface area contributed by atoms with Crippen LogP contribution in [0.15, 0.2) is 40.9 Å². The van der Waals surface area contributed by atoms with E-state index in [1.165, 1.54) is 30.3 Å². The molecule has 1 aromatic heterocycles. The van der Waals surface area contributed by atoms with Gasteiger partial charge in [-0.3, -0.25) is 9.52 Å². The highest BCUT2D eigenvalue weighted by atomic mass is 32.2. The zero-order valence-electron chi connectivity index (χ0n) is 14.3. The van der Waals surface area contributed by atoms with Crippen molar-refractivity contribution in [1.82, 2.24) is 5.16 Å². The molecule has 142 valence electrons. The third-order valence-electron chi connectivity index (χ3n) is 3.61. The van der Waals surface area contributed by atoms with Crippen LogP contribution in [0.4, 0.5) is 11.4 Å². The number of carboxylic acids is 1. The summed E-state index contributed by atoms with van der Waals surface area (Å²) in [6.07, 6.45) is 0.983. The maximum absolute atomic E-state index is 12.6. The van der Waals surface area contributed by atoms with Gasteiger partial charge in [0.2, 0.25) is 15.8 Å². The number of nitrogens with zero attached hydrogens (tertiary/aromatic N) is 2. The minimum atomic E-state index is -3.53. The predicted molar refractivity (Wildman–Crippen MR) is 98.5 cm³/mol. The zero-order valence-corrected chi connectivity index (χ0v) is 15.1. The van der Waals surface area contributed by atoms with Crippen LogP contribution in [0, 0.1) is 11.3 Å². The van der Waals surface area contributed by atoms with Gasteiger partial charge in [0.25, 0.3) is 5.91 Å². The van der Waals surface area contributed by atoms with E-state index in [-0.39, 0.29) is 33.6 Å². The molecule has 2 aromatic carbocycles. The van der Waals surface area contributed by atoms with Crippen molar-refractivity contribution in [3.05, 3.63) is 53.3 Å². The van der Waals surface area contributed by atoms with E-state index in [4.69, 9.17) is 9.78 Å². The van der Waals surface area contributed by atoms with Crippen molar-refractivity contribution >= 4 is 44.2 Å². The van der Waals surface area contributed by atoms with Gasteiger partial charge in [0.15, 0.2) is 0 Å². The number of aromatic carboxylic acids is 1. The van der Waals surface area contributed by atoms with Gasteiger partial charge in [-0.2, -0.15) is 5.26 Å². The number of carbonyl (C=O) groups is 2. The number of carbonyl (C=O) groups excluding carboxylic acids is 1. The quantitative estimate of drug-likeness (QED) is 0.586. The summed E-state index contributed by atoms with van der Waals surface area (Å²) in [5.74, 6) is -2.34. The highest BCUT2D eigenvalue weighted by molar-refractivity contribution is 7.92. The average Bonchev–Trinajstić information content (AvgIpc) is 3.03. The predicted octanol–water partition coefficient (Wildman–Crippen LogP) is 2.02. The van der Waals surface area contributed by atoms with Crippen molar-refractivity contribution in [2.75, 3.05) is 16.3 Å². The molecule has 0 fully saturated rings. The van der Waals surface area contributed by atoms with Gasteiger partial charge in [0.1, 0.15) is 5.52 Å². The Balaban J connectivity index is 1.97. The minimum Gasteiger partial charge on any atom is -0.478 e. The molecule has 0 aliphatic rings. The Labute approximate surface area is 158 Å². The van der Waals surface area contributed by atoms with Gasteiger partial charge in [0.05, 0.1) is 34.5 Å². The molecule has 0 radical (unpaired) electrons. The normalized spacial score (nSPS) is 11.0. The largest absolute Gasteiger partial charge is 0.478 e. The molecule has 3 N–H and O–H groups in total. The molecule has 10 nitrogen and oxygen atoms in total. The lowest BCUT2D eigenvalue weighted by molar-refractivity contribution is 0.0698. The van der Waals surface area contributed by atoms with Crippen molar-refractivity contribution in [3.8, 4) is 6.07 Å². The number of carboxylic acid groups (broad SMARTS) is 1. The monoisotopic (exact) mass is 400 g/mol. The molecular weight excluding hydrogens is 388 g/mol. The highest BCUT2D eigenvalue weighted by Gasteiger charge is 2.20. The Kier molecular flexibility index (Phi) is 4.72. The maximum Gasteiger partial charge on any atom is 0.337 e. The first-order chi connectivity index (χ1) is 13.2. The van der Waals surface area contributed by atoms with Gasteiger partial charge in [-0.05, 0) is 36.4 Å². The lowest BCUT2D eigenvalue weighted by Crippen LogP contribution is -2.15. The first kappa shape index (κ1) is 18.9. The highest BCUT2D eigenvalue weighted by Crippen LogP contribution is 2.25. The molecule has 0 aliphatic carbocycles. The van der Waals surface area contributed by atoms with Crippen LogP contribution in [0.5, 0.6) is 0 Å². The van der Waals surface area contributed by atoms with Crippen LogP contribution in [-0.2, 0) is 10.0 Å². The van der Waals surface area contributed by atoms with Crippen molar-refractivity contribution in [3.63, 3.8) is 0 Å². The summed E-state index contributed by atoms with van der Waals surface area (Å²) in [5.41, 5.74) is 0.332. The standard InChI is InChI=1S/C17H12N4O6S/c1-28(25,26)21-10-3-5-14-11(7-10)15(27-20-14)16(22)19-13-4-2-9(8-18)6-12(13)17(23)24/h2-7,21H,1H3,(H,19,22)(H,23,24). The molecule has 0 aliphatic heterocycles. The van der Waals surface area contributed by atoms with E-state index < -0.39 is 21.9 Å². The van der Waals surface area contributed by atoms with Crippen molar-refractivity contribution < 1.29 is 27.6 Å². The van der Waals surface area contributed by atoms with Crippen LogP contribution in [0.2, 0.25) is 0 Å². The van der Waals surface area contributed by atoms with E-state index >= 15 is 0 Å². The third-order valence-corrected chi connectivity index (χ3v) is 4.22. The van der Waals surface area contributed by atoms with E-state index in [9.17, 15) is 23.1 Å². The molecule has 3 rings (SSSR count). The number of amides is 1. The van der Waals surface area contributed by atoms with Gasteiger partial charge < -0.3 is 14.9 Å². The van der Waals surface area contributed by atoms with Gasteiger partial charge in [-0.15, -0.1) is 0 Å². The Morgan fingerprint density at radius 3 is 2.61 bits per heavy atom. The molecule has 28 heavy (non-hydrogen) atoms. The molecule has 0 saturated heterocycles. The second-order valence-electron chi connectivity index (χ2n) is 5.75. The van der Waals surface area contributed by atoms with Crippen LogP contribution < -0.4 is 10.0 Å². The van der Waals surface area contributed by atoms with Gasteiger partial charge in [-0.1, -0.05) is 5.16 Å². The second-order valence-corrected chi connectivity index (χ2v) is 7.50. The number of anilines is 2. The number of rotatable bonds is 5. The van der Waals surface area contributed by atoms with E-state index in [2.05, 4.69) is 15.2 Å². The summed E-state index contributed by atoms with van der Waals surface area (Å²) in [4.78, 5) is 24.0. The van der Waals surface area contributed by atoms with Crippen molar-refractivity contribution in [2.24, 2.45) is 0 Å². The number of fused-ring (bicyclic) bond motifs is 1. The van der Waals surface area contributed by atoms with Crippen LogP contribution >= 0.6 is 0 Å². The number of nitriles is 1. The molecule has 0 spiro atoms. The maximum atomic E-state index is 12.6. The molecule has 0 atom stereocenters. The van der Waals surface area contributed by atoms with Gasteiger partial charge in [0, 0.05) is 5.69 Å². The first-order valence-electron chi connectivity index (χ1n) is 7.64. The number of sulfonamides is 1. The van der Waals surface area contributed by atoms with Crippen LogP contribution in [0.3, 0.4) is 0 Å². The summed E-state index contributed by atoms with van der Waals surface area (Å²) in [5, 5.41) is 24.5.